The third-order valence-corrected chi connectivity index (χ3v) is 3.72. The first kappa shape index (κ1) is 16.9. The Morgan fingerprint density at radius 2 is 2.05 bits per heavy atom. The number of nitrogen functional groups attached to an aromatic ring is 1. The lowest BCUT2D eigenvalue weighted by Gasteiger charge is -2.20. The van der Waals surface area contributed by atoms with Crippen LogP contribution in [0.25, 0.3) is 0 Å². The molecule has 1 rings (SSSR count). The largest absolute Gasteiger partial charge is 0.460 e. The van der Waals surface area contributed by atoms with Gasteiger partial charge in [-0.05, 0) is 46.7 Å². The highest BCUT2D eigenvalue weighted by molar-refractivity contribution is 9.10. The van der Waals surface area contributed by atoms with Crippen LogP contribution in [0.3, 0.4) is 0 Å². The van der Waals surface area contributed by atoms with E-state index in [1.807, 2.05) is 0 Å². The number of aliphatic hydroxyl groups excluding tert-OH is 1. The van der Waals surface area contributed by atoms with Gasteiger partial charge >= 0.3 is 5.97 Å². The first-order valence-electron chi connectivity index (χ1n) is 6.61. The van der Waals surface area contributed by atoms with E-state index in [0.29, 0.717) is 22.3 Å². The number of halogens is 1. The van der Waals surface area contributed by atoms with Gasteiger partial charge < -0.3 is 15.6 Å². The number of rotatable bonds is 7. The lowest BCUT2D eigenvalue weighted by Crippen LogP contribution is -2.23. The molecular weight excluding hydrogens is 324 g/mol. The molecule has 6 heteroatoms. The van der Waals surface area contributed by atoms with Crippen molar-refractivity contribution in [3.63, 3.8) is 0 Å². The fraction of sp³-hybridized carbons (Fsp3) is 0.500. The maximum absolute atomic E-state index is 11.8. The molecule has 0 heterocycles. The molecule has 5 nitrogen and oxygen atoms in total. The van der Waals surface area contributed by atoms with Crippen molar-refractivity contribution in [2.24, 2.45) is 0 Å². The van der Waals surface area contributed by atoms with E-state index < -0.39 is 5.97 Å². The normalized spacial score (nSPS) is 10.8. The molecule has 0 spiro atoms. The van der Waals surface area contributed by atoms with E-state index in [-0.39, 0.29) is 13.2 Å². The van der Waals surface area contributed by atoms with E-state index >= 15 is 0 Å². The summed E-state index contributed by atoms with van der Waals surface area (Å²) in [6, 6.07) is 3.39. The Hall–Kier alpha value is -1.11. The second kappa shape index (κ2) is 8.24. The van der Waals surface area contributed by atoms with Crippen LogP contribution >= 0.6 is 15.9 Å². The molecule has 0 bridgehead atoms. The Morgan fingerprint density at radius 1 is 1.40 bits per heavy atom. The number of aliphatic hydroxyl groups is 1. The van der Waals surface area contributed by atoms with Gasteiger partial charge in [-0.3, -0.25) is 4.90 Å². The fourth-order valence-electron chi connectivity index (χ4n) is 1.83. The summed E-state index contributed by atoms with van der Waals surface area (Å²) in [4.78, 5) is 14.0. The first-order chi connectivity index (χ1) is 9.53. The van der Waals surface area contributed by atoms with Crippen molar-refractivity contribution >= 4 is 27.6 Å². The zero-order valence-corrected chi connectivity index (χ0v) is 13.4. The molecule has 0 amide bonds. The van der Waals surface area contributed by atoms with Gasteiger partial charge in [-0.25, -0.2) is 4.79 Å². The van der Waals surface area contributed by atoms with Gasteiger partial charge in [-0.15, -0.1) is 0 Å². The van der Waals surface area contributed by atoms with Crippen LogP contribution < -0.4 is 5.73 Å². The molecule has 0 radical (unpaired) electrons. The molecule has 0 aliphatic rings. The first-order valence-corrected chi connectivity index (χ1v) is 7.40. The van der Waals surface area contributed by atoms with Crippen LogP contribution in [0.15, 0.2) is 16.6 Å². The van der Waals surface area contributed by atoms with Gasteiger partial charge in [0.1, 0.15) is 6.61 Å². The minimum absolute atomic E-state index is 0.00773. The Morgan fingerprint density at radius 3 is 2.60 bits per heavy atom. The SMILES string of the molecule is CCN(CC)Cc1cc(C(=O)OCCO)cc(Br)c1N. The van der Waals surface area contributed by atoms with E-state index in [2.05, 4.69) is 34.7 Å². The third kappa shape index (κ3) is 4.47. The standard InChI is InChI=1S/C14H21BrN2O3/c1-3-17(4-2)9-11-7-10(8-12(15)13(11)16)14(19)20-6-5-18/h7-8,18H,3-6,9,16H2,1-2H3. The van der Waals surface area contributed by atoms with Crippen molar-refractivity contribution in [1.29, 1.82) is 0 Å². The van der Waals surface area contributed by atoms with Gasteiger partial charge in [0.05, 0.1) is 17.9 Å². The number of ether oxygens (including phenoxy) is 1. The molecule has 0 aliphatic heterocycles. The highest BCUT2D eigenvalue weighted by Crippen LogP contribution is 2.27. The van der Waals surface area contributed by atoms with Crippen LogP contribution in [-0.2, 0) is 11.3 Å². The van der Waals surface area contributed by atoms with Crippen LogP contribution in [0.4, 0.5) is 5.69 Å². The zero-order chi connectivity index (χ0) is 15.1. The van der Waals surface area contributed by atoms with E-state index in [1.165, 1.54) is 0 Å². The van der Waals surface area contributed by atoms with Crippen LogP contribution in [0.1, 0.15) is 29.8 Å². The molecule has 1 aromatic rings. The lowest BCUT2D eigenvalue weighted by atomic mass is 10.1. The van der Waals surface area contributed by atoms with Crippen molar-refractivity contribution in [1.82, 2.24) is 4.90 Å². The summed E-state index contributed by atoms with van der Waals surface area (Å²) in [6.45, 7) is 6.46. The summed E-state index contributed by atoms with van der Waals surface area (Å²) in [5, 5.41) is 8.68. The molecule has 0 fully saturated rings. The molecule has 0 saturated heterocycles. The number of hydrogen-bond donors (Lipinski definition) is 2. The summed E-state index contributed by atoms with van der Waals surface area (Å²) in [5.74, 6) is -0.458. The summed E-state index contributed by atoms with van der Waals surface area (Å²) in [7, 11) is 0. The van der Waals surface area contributed by atoms with E-state index in [0.717, 1.165) is 18.7 Å². The zero-order valence-electron chi connectivity index (χ0n) is 11.9. The van der Waals surface area contributed by atoms with E-state index in [4.69, 9.17) is 15.6 Å². The smallest absolute Gasteiger partial charge is 0.338 e. The number of nitrogens with two attached hydrogens (primary N) is 1. The summed E-state index contributed by atoms with van der Waals surface area (Å²) >= 11 is 3.37. The predicted octanol–water partition coefficient (Wildman–Crippen LogP) is 2.02. The van der Waals surface area contributed by atoms with Gasteiger partial charge in [0.15, 0.2) is 0 Å². The van der Waals surface area contributed by atoms with Gasteiger partial charge in [0, 0.05) is 11.0 Å². The molecule has 0 saturated carbocycles. The number of hydrogen-bond acceptors (Lipinski definition) is 5. The maximum atomic E-state index is 11.8. The Kier molecular flexibility index (Phi) is 6.98. The Balaban J connectivity index is 2.99. The van der Waals surface area contributed by atoms with Crippen LogP contribution in [-0.4, -0.2) is 42.3 Å². The van der Waals surface area contributed by atoms with Crippen molar-refractivity contribution < 1.29 is 14.6 Å². The molecule has 0 unspecified atom stereocenters. The van der Waals surface area contributed by atoms with Crippen LogP contribution in [0.5, 0.6) is 0 Å². The van der Waals surface area contributed by atoms with Gasteiger partial charge in [0.2, 0.25) is 0 Å². The average molecular weight is 345 g/mol. The van der Waals surface area contributed by atoms with Crippen LogP contribution in [0, 0.1) is 0 Å². The minimum atomic E-state index is -0.458. The number of carbonyl (C=O) groups excluding carboxylic acids is 1. The molecular formula is C14H21BrN2O3. The summed E-state index contributed by atoms with van der Waals surface area (Å²) in [5.41, 5.74) is 8.00. The maximum Gasteiger partial charge on any atom is 0.338 e. The summed E-state index contributed by atoms with van der Waals surface area (Å²) in [6.07, 6.45) is 0. The topological polar surface area (TPSA) is 75.8 Å². The quantitative estimate of drug-likeness (QED) is 0.584. The number of nitrogens with zero attached hydrogens (tertiary/aromatic N) is 1. The molecule has 0 aliphatic carbocycles. The number of esters is 1. The van der Waals surface area contributed by atoms with Crippen molar-refractivity contribution in [3.8, 4) is 0 Å². The molecule has 3 N–H and O–H groups in total. The fourth-order valence-corrected chi connectivity index (χ4v) is 2.33. The van der Waals surface area contributed by atoms with Gasteiger partial charge in [-0.2, -0.15) is 0 Å². The Bertz CT molecular complexity index is 462. The van der Waals surface area contributed by atoms with Crippen LogP contribution in [0.2, 0.25) is 0 Å². The molecule has 20 heavy (non-hydrogen) atoms. The van der Waals surface area contributed by atoms with E-state index in [1.54, 1.807) is 12.1 Å². The number of carbonyl (C=O) groups is 1. The highest BCUT2D eigenvalue weighted by Gasteiger charge is 2.14. The third-order valence-electron chi connectivity index (χ3n) is 3.06. The minimum Gasteiger partial charge on any atom is -0.460 e. The number of benzene rings is 1. The average Bonchev–Trinajstić information content (AvgIpc) is 2.45. The molecule has 1 aromatic carbocycles. The number of anilines is 1. The predicted molar refractivity (Wildman–Crippen MR) is 82.5 cm³/mol. The molecule has 0 atom stereocenters. The van der Waals surface area contributed by atoms with Crippen molar-refractivity contribution in [3.05, 3.63) is 27.7 Å². The summed E-state index contributed by atoms with van der Waals surface area (Å²) < 4.78 is 5.60. The van der Waals surface area contributed by atoms with E-state index in [9.17, 15) is 4.79 Å². The Labute approximate surface area is 127 Å². The second-order valence-corrected chi connectivity index (χ2v) is 5.21. The molecule has 112 valence electrons. The monoisotopic (exact) mass is 344 g/mol. The van der Waals surface area contributed by atoms with Crippen molar-refractivity contribution in [2.75, 3.05) is 32.0 Å². The van der Waals surface area contributed by atoms with Crippen molar-refractivity contribution in [2.45, 2.75) is 20.4 Å². The van der Waals surface area contributed by atoms with Gasteiger partial charge in [-0.1, -0.05) is 13.8 Å². The highest BCUT2D eigenvalue weighted by atomic mass is 79.9. The lowest BCUT2D eigenvalue weighted by molar-refractivity contribution is 0.0433. The van der Waals surface area contributed by atoms with Gasteiger partial charge in [0.25, 0.3) is 0 Å². The second-order valence-electron chi connectivity index (χ2n) is 4.35. The molecule has 0 aromatic heterocycles.